The predicted octanol–water partition coefficient (Wildman–Crippen LogP) is 3.32. The molecule has 1 aliphatic carbocycles. The SMILES string of the molecule is NCc1ccc(C(=O)Nc2cccc(COCC3CC3)c2)cc1. The third-order valence-electron chi connectivity index (χ3n) is 3.96. The van der Waals surface area contributed by atoms with Crippen LogP contribution in [-0.4, -0.2) is 12.5 Å². The molecule has 3 N–H and O–H groups in total. The average molecular weight is 310 g/mol. The molecule has 0 unspecified atom stereocenters. The van der Waals surface area contributed by atoms with E-state index in [4.69, 9.17) is 10.5 Å². The van der Waals surface area contributed by atoms with Crippen LogP contribution in [0.3, 0.4) is 0 Å². The number of hydrogen-bond acceptors (Lipinski definition) is 3. The largest absolute Gasteiger partial charge is 0.376 e. The molecular formula is C19H22N2O2. The van der Waals surface area contributed by atoms with Crippen LogP contribution >= 0.6 is 0 Å². The lowest BCUT2D eigenvalue weighted by molar-refractivity contribution is 0.102. The number of anilines is 1. The summed E-state index contributed by atoms with van der Waals surface area (Å²) in [6.07, 6.45) is 2.58. The van der Waals surface area contributed by atoms with Crippen molar-refractivity contribution in [2.75, 3.05) is 11.9 Å². The fraction of sp³-hybridized carbons (Fsp3) is 0.316. The van der Waals surface area contributed by atoms with E-state index in [1.807, 2.05) is 36.4 Å². The zero-order valence-corrected chi connectivity index (χ0v) is 13.1. The van der Waals surface area contributed by atoms with Crippen LogP contribution < -0.4 is 11.1 Å². The zero-order valence-electron chi connectivity index (χ0n) is 13.1. The summed E-state index contributed by atoms with van der Waals surface area (Å²) in [5.41, 5.74) is 9.05. The van der Waals surface area contributed by atoms with E-state index in [1.165, 1.54) is 12.8 Å². The lowest BCUT2D eigenvalue weighted by Crippen LogP contribution is -2.12. The molecule has 0 spiro atoms. The van der Waals surface area contributed by atoms with Crippen molar-refractivity contribution in [3.05, 3.63) is 65.2 Å². The highest BCUT2D eigenvalue weighted by atomic mass is 16.5. The molecule has 0 aromatic heterocycles. The van der Waals surface area contributed by atoms with E-state index in [1.54, 1.807) is 12.1 Å². The van der Waals surface area contributed by atoms with Crippen molar-refractivity contribution in [2.45, 2.75) is 26.0 Å². The molecule has 1 fully saturated rings. The first-order valence-electron chi connectivity index (χ1n) is 8.01. The van der Waals surface area contributed by atoms with E-state index in [-0.39, 0.29) is 5.91 Å². The lowest BCUT2D eigenvalue weighted by atomic mass is 10.1. The van der Waals surface area contributed by atoms with Gasteiger partial charge in [-0.2, -0.15) is 0 Å². The Balaban J connectivity index is 1.58. The Morgan fingerprint density at radius 2 is 1.91 bits per heavy atom. The number of carbonyl (C=O) groups excluding carboxylic acids is 1. The number of rotatable bonds is 7. The van der Waals surface area contributed by atoms with Crippen LogP contribution in [0.25, 0.3) is 0 Å². The summed E-state index contributed by atoms with van der Waals surface area (Å²) >= 11 is 0. The van der Waals surface area contributed by atoms with E-state index >= 15 is 0 Å². The number of ether oxygens (including phenoxy) is 1. The van der Waals surface area contributed by atoms with Gasteiger partial charge in [-0.25, -0.2) is 0 Å². The topological polar surface area (TPSA) is 64.4 Å². The number of nitrogens with two attached hydrogens (primary N) is 1. The van der Waals surface area contributed by atoms with Gasteiger partial charge in [0, 0.05) is 24.4 Å². The zero-order chi connectivity index (χ0) is 16.1. The molecule has 3 rings (SSSR count). The van der Waals surface area contributed by atoms with Crippen molar-refractivity contribution >= 4 is 11.6 Å². The molecule has 1 aliphatic rings. The molecule has 1 saturated carbocycles. The van der Waals surface area contributed by atoms with Gasteiger partial charge in [-0.15, -0.1) is 0 Å². The quantitative estimate of drug-likeness (QED) is 0.824. The first kappa shape index (κ1) is 15.7. The predicted molar refractivity (Wildman–Crippen MR) is 91.1 cm³/mol. The average Bonchev–Trinajstić information content (AvgIpc) is 3.39. The van der Waals surface area contributed by atoms with Gasteiger partial charge >= 0.3 is 0 Å². The van der Waals surface area contributed by atoms with Crippen molar-refractivity contribution in [3.63, 3.8) is 0 Å². The number of amides is 1. The molecule has 2 aromatic carbocycles. The van der Waals surface area contributed by atoms with Crippen LogP contribution in [0.2, 0.25) is 0 Å². The Kier molecular flexibility index (Phi) is 5.05. The molecule has 0 atom stereocenters. The van der Waals surface area contributed by atoms with Crippen LogP contribution in [-0.2, 0) is 17.9 Å². The monoisotopic (exact) mass is 310 g/mol. The molecule has 4 nitrogen and oxygen atoms in total. The highest BCUT2D eigenvalue weighted by Crippen LogP contribution is 2.29. The molecule has 0 bridgehead atoms. The number of nitrogens with one attached hydrogen (secondary N) is 1. The Labute approximate surface area is 136 Å². The highest BCUT2D eigenvalue weighted by molar-refractivity contribution is 6.04. The Hall–Kier alpha value is -2.17. The van der Waals surface area contributed by atoms with Gasteiger partial charge in [-0.05, 0) is 54.2 Å². The maximum Gasteiger partial charge on any atom is 0.255 e. The Bertz CT molecular complexity index is 663. The van der Waals surface area contributed by atoms with E-state index in [2.05, 4.69) is 5.32 Å². The fourth-order valence-electron chi connectivity index (χ4n) is 2.36. The minimum atomic E-state index is -0.121. The summed E-state index contributed by atoms with van der Waals surface area (Å²) in [5, 5.41) is 2.92. The van der Waals surface area contributed by atoms with Crippen molar-refractivity contribution in [1.29, 1.82) is 0 Å². The third kappa shape index (κ3) is 4.65. The number of benzene rings is 2. The van der Waals surface area contributed by atoms with E-state index in [0.717, 1.165) is 29.3 Å². The highest BCUT2D eigenvalue weighted by Gasteiger charge is 2.21. The van der Waals surface area contributed by atoms with Gasteiger partial charge in [0.15, 0.2) is 0 Å². The van der Waals surface area contributed by atoms with Crippen LogP contribution in [0.4, 0.5) is 5.69 Å². The number of carbonyl (C=O) groups is 1. The molecule has 0 radical (unpaired) electrons. The Morgan fingerprint density at radius 3 is 2.61 bits per heavy atom. The summed E-state index contributed by atoms with van der Waals surface area (Å²) in [7, 11) is 0. The molecule has 1 amide bonds. The molecule has 4 heteroatoms. The van der Waals surface area contributed by atoms with Crippen molar-refractivity contribution in [1.82, 2.24) is 0 Å². The maximum absolute atomic E-state index is 12.3. The van der Waals surface area contributed by atoms with E-state index in [9.17, 15) is 4.79 Å². The summed E-state index contributed by atoms with van der Waals surface area (Å²) in [5.74, 6) is 0.638. The molecule has 2 aromatic rings. The first-order chi connectivity index (χ1) is 11.2. The smallest absolute Gasteiger partial charge is 0.255 e. The van der Waals surface area contributed by atoms with Crippen LogP contribution in [0.15, 0.2) is 48.5 Å². The van der Waals surface area contributed by atoms with Gasteiger partial charge in [0.1, 0.15) is 0 Å². The first-order valence-corrected chi connectivity index (χ1v) is 8.01. The van der Waals surface area contributed by atoms with Gasteiger partial charge in [0.25, 0.3) is 5.91 Å². The molecule has 23 heavy (non-hydrogen) atoms. The van der Waals surface area contributed by atoms with Crippen LogP contribution in [0, 0.1) is 5.92 Å². The molecule has 0 aliphatic heterocycles. The molecule has 0 heterocycles. The van der Waals surface area contributed by atoms with Gasteiger partial charge in [-0.1, -0.05) is 24.3 Å². The fourth-order valence-corrected chi connectivity index (χ4v) is 2.36. The van der Waals surface area contributed by atoms with Gasteiger partial charge in [0.2, 0.25) is 0 Å². The van der Waals surface area contributed by atoms with Crippen molar-refractivity contribution in [3.8, 4) is 0 Å². The summed E-state index contributed by atoms with van der Waals surface area (Å²) in [6, 6.07) is 15.1. The molecular weight excluding hydrogens is 288 g/mol. The second-order valence-electron chi connectivity index (χ2n) is 6.01. The van der Waals surface area contributed by atoms with Crippen molar-refractivity contribution < 1.29 is 9.53 Å². The van der Waals surface area contributed by atoms with E-state index in [0.29, 0.717) is 18.7 Å². The van der Waals surface area contributed by atoms with E-state index < -0.39 is 0 Å². The van der Waals surface area contributed by atoms with Crippen LogP contribution in [0.1, 0.15) is 34.3 Å². The minimum Gasteiger partial charge on any atom is -0.376 e. The number of hydrogen-bond donors (Lipinski definition) is 2. The summed E-state index contributed by atoms with van der Waals surface area (Å²) in [6.45, 7) is 1.90. The Morgan fingerprint density at radius 1 is 1.13 bits per heavy atom. The minimum absolute atomic E-state index is 0.121. The van der Waals surface area contributed by atoms with Gasteiger partial charge in [-0.3, -0.25) is 4.79 Å². The normalized spacial score (nSPS) is 13.8. The second kappa shape index (κ2) is 7.40. The summed E-state index contributed by atoms with van der Waals surface area (Å²) in [4.78, 5) is 12.3. The maximum atomic E-state index is 12.3. The van der Waals surface area contributed by atoms with Crippen LogP contribution in [0.5, 0.6) is 0 Å². The van der Waals surface area contributed by atoms with Crippen molar-refractivity contribution in [2.24, 2.45) is 11.7 Å². The summed E-state index contributed by atoms with van der Waals surface area (Å²) < 4.78 is 5.69. The second-order valence-corrected chi connectivity index (χ2v) is 6.01. The molecule has 120 valence electrons. The lowest BCUT2D eigenvalue weighted by Gasteiger charge is -2.08. The van der Waals surface area contributed by atoms with Gasteiger partial charge < -0.3 is 15.8 Å². The third-order valence-corrected chi connectivity index (χ3v) is 3.96. The van der Waals surface area contributed by atoms with Gasteiger partial charge in [0.05, 0.1) is 6.61 Å². The molecule has 0 saturated heterocycles. The standard InChI is InChI=1S/C19H22N2O2/c20-11-14-6-8-17(9-7-14)19(22)21-18-3-1-2-16(10-18)13-23-12-15-4-5-15/h1-3,6-10,15H,4-5,11-13,20H2,(H,21,22).